The van der Waals surface area contributed by atoms with E-state index in [0.717, 1.165) is 31.2 Å². The highest BCUT2D eigenvalue weighted by Crippen LogP contribution is 2.33. The smallest absolute Gasteiger partial charge is 0.185 e. The van der Waals surface area contributed by atoms with Crippen LogP contribution in [0.4, 0.5) is 5.13 Å². The third kappa shape index (κ3) is 3.51. The van der Waals surface area contributed by atoms with Gasteiger partial charge < -0.3 is 15.4 Å². The molecular weight excluding hydrogens is 270 g/mol. The molecular formula is C15H27N3OS. The molecule has 0 spiro atoms. The van der Waals surface area contributed by atoms with E-state index in [-0.39, 0.29) is 0 Å². The molecule has 5 heteroatoms. The summed E-state index contributed by atoms with van der Waals surface area (Å²) in [6, 6.07) is 0. The van der Waals surface area contributed by atoms with E-state index in [2.05, 4.69) is 18.7 Å². The van der Waals surface area contributed by atoms with E-state index in [0.29, 0.717) is 18.4 Å². The molecule has 1 atom stereocenters. The first-order valence-corrected chi connectivity index (χ1v) is 8.44. The van der Waals surface area contributed by atoms with Crippen molar-refractivity contribution in [2.24, 2.45) is 11.7 Å². The van der Waals surface area contributed by atoms with E-state index in [1.807, 2.05) is 0 Å². The molecule has 114 valence electrons. The van der Waals surface area contributed by atoms with Gasteiger partial charge in [0.2, 0.25) is 0 Å². The molecule has 1 aliphatic rings. The number of hydrogen-bond donors (Lipinski definition) is 1. The average Bonchev–Trinajstić information content (AvgIpc) is 2.92. The first kappa shape index (κ1) is 15.7. The number of ether oxygens (including phenoxy) is 1. The second-order valence-electron chi connectivity index (χ2n) is 5.70. The van der Waals surface area contributed by atoms with Crippen molar-refractivity contribution in [2.75, 3.05) is 31.7 Å². The summed E-state index contributed by atoms with van der Waals surface area (Å²) in [5, 5.41) is 1.16. The molecule has 2 rings (SSSR count). The molecule has 1 unspecified atom stereocenters. The van der Waals surface area contributed by atoms with Crippen LogP contribution in [-0.2, 0) is 11.3 Å². The van der Waals surface area contributed by atoms with Gasteiger partial charge in [-0.1, -0.05) is 13.8 Å². The molecule has 1 saturated heterocycles. The molecule has 20 heavy (non-hydrogen) atoms. The molecule has 0 saturated carbocycles. The van der Waals surface area contributed by atoms with Crippen LogP contribution in [0.5, 0.6) is 0 Å². The summed E-state index contributed by atoms with van der Waals surface area (Å²) in [4.78, 5) is 8.56. The van der Waals surface area contributed by atoms with Crippen LogP contribution in [0.3, 0.4) is 0 Å². The van der Waals surface area contributed by atoms with Crippen molar-refractivity contribution in [1.82, 2.24) is 4.98 Å². The molecule has 1 fully saturated rings. The van der Waals surface area contributed by atoms with Gasteiger partial charge in [0.05, 0.1) is 5.69 Å². The van der Waals surface area contributed by atoms with E-state index in [9.17, 15) is 0 Å². The van der Waals surface area contributed by atoms with Crippen molar-refractivity contribution in [2.45, 2.75) is 45.6 Å². The Balaban J connectivity index is 2.05. The number of anilines is 1. The van der Waals surface area contributed by atoms with Gasteiger partial charge in [0.15, 0.2) is 5.13 Å². The molecule has 4 nitrogen and oxygen atoms in total. The summed E-state index contributed by atoms with van der Waals surface area (Å²) in [6.45, 7) is 8.12. The third-order valence-corrected chi connectivity index (χ3v) is 5.42. The number of nitrogens with zero attached hydrogens (tertiary/aromatic N) is 2. The molecule has 0 aliphatic carbocycles. The molecule has 0 aromatic carbocycles. The Morgan fingerprint density at radius 3 is 2.70 bits per heavy atom. The first-order chi connectivity index (χ1) is 9.69. The van der Waals surface area contributed by atoms with E-state index in [4.69, 9.17) is 15.5 Å². The lowest BCUT2D eigenvalue weighted by molar-refractivity contribution is 0.139. The van der Waals surface area contributed by atoms with Crippen molar-refractivity contribution in [3.8, 4) is 0 Å². The summed E-state index contributed by atoms with van der Waals surface area (Å²) >= 11 is 1.78. The van der Waals surface area contributed by atoms with Gasteiger partial charge >= 0.3 is 0 Å². The number of hydrogen-bond acceptors (Lipinski definition) is 5. The van der Waals surface area contributed by atoms with E-state index < -0.39 is 0 Å². The van der Waals surface area contributed by atoms with Gasteiger partial charge in [-0.2, -0.15) is 0 Å². The summed E-state index contributed by atoms with van der Waals surface area (Å²) < 4.78 is 5.26. The molecule has 1 aliphatic heterocycles. The van der Waals surface area contributed by atoms with Gasteiger partial charge in [0.1, 0.15) is 0 Å². The normalized spacial score (nSPS) is 18.5. The van der Waals surface area contributed by atoms with Gasteiger partial charge in [0.25, 0.3) is 0 Å². The minimum atomic E-state index is 0.504. The Morgan fingerprint density at radius 2 is 2.15 bits per heavy atom. The number of piperidine rings is 1. The topological polar surface area (TPSA) is 51.4 Å². The zero-order chi connectivity index (χ0) is 14.5. The molecule has 0 amide bonds. The van der Waals surface area contributed by atoms with Crippen LogP contribution in [0.25, 0.3) is 0 Å². The average molecular weight is 297 g/mol. The molecule has 1 aromatic heterocycles. The van der Waals surface area contributed by atoms with Crippen LogP contribution in [-0.4, -0.2) is 31.8 Å². The largest absolute Gasteiger partial charge is 0.384 e. The Bertz CT molecular complexity index is 413. The summed E-state index contributed by atoms with van der Waals surface area (Å²) in [5.41, 5.74) is 7.10. The van der Waals surface area contributed by atoms with Gasteiger partial charge in [-0.25, -0.2) is 4.98 Å². The van der Waals surface area contributed by atoms with Crippen molar-refractivity contribution >= 4 is 16.5 Å². The number of nitrogens with two attached hydrogens (primary N) is 1. The van der Waals surface area contributed by atoms with E-state index >= 15 is 0 Å². The maximum absolute atomic E-state index is 5.88. The monoisotopic (exact) mass is 297 g/mol. The lowest BCUT2D eigenvalue weighted by Gasteiger charge is -2.31. The Labute approximate surface area is 126 Å². The lowest BCUT2D eigenvalue weighted by Crippen LogP contribution is -2.34. The zero-order valence-electron chi connectivity index (χ0n) is 12.9. The van der Waals surface area contributed by atoms with Gasteiger partial charge in [-0.15, -0.1) is 11.3 Å². The highest BCUT2D eigenvalue weighted by atomic mass is 32.1. The van der Waals surface area contributed by atoms with Gasteiger partial charge in [-0.3, -0.25) is 0 Å². The SMILES string of the molecule is CCC(C)c1nc(N2CCC(COC)CC2)sc1CN. The van der Waals surface area contributed by atoms with Crippen LogP contribution >= 0.6 is 11.3 Å². The van der Waals surface area contributed by atoms with E-state index in [1.165, 1.54) is 23.4 Å². The Hall–Kier alpha value is -0.650. The minimum Gasteiger partial charge on any atom is -0.384 e. The second-order valence-corrected chi connectivity index (χ2v) is 6.77. The predicted octanol–water partition coefficient (Wildman–Crippen LogP) is 2.98. The number of aromatic nitrogens is 1. The minimum absolute atomic E-state index is 0.504. The maximum atomic E-state index is 5.88. The quantitative estimate of drug-likeness (QED) is 0.877. The Morgan fingerprint density at radius 1 is 1.45 bits per heavy atom. The molecule has 2 N–H and O–H groups in total. The van der Waals surface area contributed by atoms with Crippen LogP contribution < -0.4 is 10.6 Å². The van der Waals surface area contributed by atoms with Gasteiger partial charge in [0, 0.05) is 38.2 Å². The summed E-state index contributed by atoms with van der Waals surface area (Å²) in [5.74, 6) is 1.21. The number of rotatable bonds is 6. The third-order valence-electron chi connectivity index (χ3n) is 4.27. The van der Waals surface area contributed by atoms with Gasteiger partial charge in [-0.05, 0) is 31.1 Å². The second kappa shape index (κ2) is 7.38. The maximum Gasteiger partial charge on any atom is 0.185 e. The lowest BCUT2D eigenvalue weighted by atomic mass is 9.98. The van der Waals surface area contributed by atoms with Crippen molar-refractivity contribution < 1.29 is 4.74 Å². The first-order valence-electron chi connectivity index (χ1n) is 7.63. The zero-order valence-corrected chi connectivity index (χ0v) is 13.7. The van der Waals surface area contributed by atoms with Crippen LogP contribution in [0.1, 0.15) is 49.6 Å². The summed E-state index contributed by atoms with van der Waals surface area (Å²) in [6.07, 6.45) is 3.51. The van der Waals surface area contributed by atoms with Crippen LogP contribution in [0, 0.1) is 5.92 Å². The number of methoxy groups -OCH3 is 1. The van der Waals surface area contributed by atoms with Crippen molar-refractivity contribution in [3.05, 3.63) is 10.6 Å². The highest BCUT2D eigenvalue weighted by Gasteiger charge is 2.23. The van der Waals surface area contributed by atoms with Crippen LogP contribution in [0.15, 0.2) is 0 Å². The fourth-order valence-corrected chi connectivity index (χ4v) is 3.85. The fourth-order valence-electron chi connectivity index (χ4n) is 2.74. The Kier molecular flexibility index (Phi) is 5.81. The molecule has 0 bridgehead atoms. The van der Waals surface area contributed by atoms with E-state index in [1.54, 1.807) is 18.4 Å². The van der Waals surface area contributed by atoms with Crippen molar-refractivity contribution in [3.63, 3.8) is 0 Å². The van der Waals surface area contributed by atoms with Crippen LogP contribution in [0.2, 0.25) is 0 Å². The fraction of sp³-hybridized carbons (Fsp3) is 0.800. The highest BCUT2D eigenvalue weighted by molar-refractivity contribution is 7.15. The summed E-state index contributed by atoms with van der Waals surface area (Å²) in [7, 11) is 1.79. The predicted molar refractivity (Wildman–Crippen MR) is 85.5 cm³/mol. The number of thiazole rings is 1. The molecule has 2 heterocycles. The molecule has 1 aromatic rings. The standard InChI is InChI=1S/C15H27N3OS/c1-4-11(2)14-13(9-16)20-15(17-14)18-7-5-12(6-8-18)10-19-3/h11-12H,4-10,16H2,1-3H3. The molecule has 0 radical (unpaired) electrons. The van der Waals surface area contributed by atoms with Crippen molar-refractivity contribution in [1.29, 1.82) is 0 Å².